The Bertz CT molecular complexity index is 926. The summed E-state index contributed by atoms with van der Waals surface area (Å²) in [6, 6.07) is 5.91. The van der Waals surface area contributed by atoms with Crippen LogP contribution in [0.25, 0.3) is 0 Å². The van der Waals surface area contributed by atoms with E-state index in [4.69, 9.17) is 11.6 Å². The van der Waals surface area contributed by atoms with Crippen LogP contribution in [0.4, 0.5) is 8.78 Å². The van der Waals surface area contributed by atoms with Crippen molar-refractivity contribution in [2.45, 2.75) is 84.5 Å². The number of alkyl halides is 2. The molecule has 1 aromatic rings. The van der Waals surface area contributed by atoms with Crippen LogP contribution < -0.4 is 0 Å². The number of hydrogen-bond donors (Lipinski definition) is 0. The fourth-order valence-electron chi connectivity index (χ4n) is 4.66. The molecule has 0 N–H and O–H groups in total. The van der Waals surface area contributed by atoms with Gasteiger partial charge in [0.15, 0.2) is 0 Å². The van der Waals surface area contributed by atoms with Crippen molar-refractivity contribution in [2.24, 2.45) is 11.3 Å². The third-order valence-electron chi connectivity index (χ3n) is 6.83. The molecular weight excluding hydrogens is 432 g/mol. The summed E-state index contributed by atoms with van der Waals surface area (Å²) in [6.45, 7) is 10.3. The number of hydrogen-bond acceptors (Lipinski definition) is 2. The van der Waals surface area contributed by atoms with E-state index in [-0.39, 0.29) is 55.3 Å². The first kappa shape index (κ1) is 24.9. The Morgan fingerprint density at radius 2 is 1.91 bits per heavy atom. The number of benzene rings is 1. The fourth-order valence-corrected chi connectivity index (χ4v) is 4.94. The summed E-state index contributed by atoms with van der Waals surface area (Å²) in [6.07, 6.45) is 3.60. The zero-order chi connectivity index (χ0) is 23.9. The summed E-state index contributed by atoms with van der Waals surface area (Å²) >= 11 is 6.64. The third kappa shape index (κ3) is 5.59. The first-order chi connectivity index (χ1) is 14.7. The highest BCUT2D eigenvalue weighted by Crippen LogP contribution is 2.53. The van der Waals surface area contributed by atoms with E-state index >= 15 is 0 Å². The molecule has 176 valence electrons. The summed E-state index contributed by atoms with van der Waals surface area (Å²) in [5.74, 6) is -3.06. The highest BCUT2D eigenvalue weighted by atomic mass is 35.5. The van der Waals surface area contributed by atoms with E-state index < -0.39 is 11.3 Å². The molecule has 2 aliphatic rings. The normalized spacial score (nSPS) is 23.7. The van der Waals surface area contributed by atoms with E-state index in [1.165, 1.54) is 11.8 Å². The molecule has 1 amide bonds. The average Bonchev–Trinajstić information content (AvgIpc) is 2.63. The zero-order valence-corrected chi connectivity index (χ0v) is 20.5. The maximum atomic E-state index is 13.7. The minimum absolute atomic E-state index is 0.00566. The molecule has 1 aliphatic heterocycles. The lowest BCUT2D eigenvalue weighted by Gasteiger charge is -2.47. The number of ketones is 1. The lowest BCUT2D eigenvalue weighted by atomic mass is 9.62. The number of Topliss-reactive ketones (excluding diaryl/α,β-unsaturated/α-hetero) is 1. The van der Waals surface area contributed by atoms with Crippen LogP contribution in [0.1, 0.15) is 77.8 Å². The number of carbonyl (C=O) groups is 2. The van der Waals surface area contributed by atoms with Gasteiger partial charge in [-0.2, -0.15) is 0 Å². The number of nitrogens with zero attached hydrogens (tertiary/aromatic N) is 1. The molecule has 1 fully saturated rings. The molecule has 6 heteroatoms. The summed E-state index contributed by atoms with van der Waals surface area (Å²) in [7, 11) is 0. The van der Waals surface area contributed by atoms with Crippen molar-refractivity contribution in [3.63, 3.8) is 0 Å². The van der Waals surface area contributed by atoms with Crippen LogP contribution in [-0.2, 0) is 21.4 Å². The van der Waals surface area contributed by atoms with Crippen LogP contribution in [0.2, 0.25) is 5.02 Å². The highest BCUT2D eigenvalue weighted by molar-refractivity contribution is 6.31. The molecule has 3 rings (SSSR count). The molecule has 1 saturated carbocycles. The van der Waals surface area contributed by atoms with Crippen molar-refractivity contribution in [1.82, 2.24) is 4.90 Å². The summed E-state index contributed by atoms with van der Waals surface area (Å²) in [5, 5.41) is 0.651. The average molecular weight is 466 g/mol. The van der Waals surface area contributed by atoms with Crippen molar-refractivity contribution >= 4 is 23.3 Å². The number of allylic oxidation sites excluding steroid dienone is 1. The summed E-state index contributed by atoms with van der Waals surface area (Å²) < 4.78 is 27.5. The van der Waals surface area contributed by atoms with Gasteiger partial charge in [-0.15, -0.1) is 0 Å². The van der Waals surface area contributed by atoms with Crippen molar-refractivity contribution in [3.8, 4) is 0 Å². The second-order valence-corrected chi connectivity index (χ2v) is 11.4. The van der Waals surface area contributed by atoms with Gasteiger partial charge in [0.1, 0.15) is 5.78 Å². The topological polar surface area (TPSA) is 37.4 Å². The maximum Gasteiger partial charge on any atom is 0.249 e. The van der Waals surface area contributed by atoms with E-state index in [9.17, 15) is 18.4 Å². The zero-order valence-electron chi connectivity index (χ0n) is 19.7. The Kier molecular flexibility index (Phi) is 6.91. The summed E-state index contributed by atoms with van der Waals surface area (Å²) in [5.41, 5.74) is 2.27. The maximum absolute atomic E-state index is 13.7. The smallest absolute Gasteiger partial charge is 0.249 e. The highest BCUT2D eigenvalue weighted by Gasteiger charge is 2.52. The Hall–Kier alpha value is -1.75. The van der Waals surface area contributed by atoms with Gasteiger partial charge in [0.2, 0.25) is 11.8 Å². The Balaban J connectivity index is 1.93. The number of rotatable bonds is 7. The van der Waals surface area contributed by atoms with Crippen LogP contribution in [-0.4, -0.2) is 29.1 Å². The van der Waals surface area contributed by atoms with E-state index in [0.717, 1.165) is 29.5 Å². The molecule has 0 aromatic heterocycles. The quantitative estimate of drug-likeness (QED) is 0.448. The Morgan fingerprint density at radius 1 is 1.25 bits per heavy atom. The van der Waals surface area contributed by atoms with Crippen LogP contribution >= 0.6 is 11.6 Å². The molecule has 1 heterocycles. The number of aryl methyl sites for hydroxylation is 1. The molecule has 1 atom stereocenters. The van der Waals surface area contributed by atoms with Crippen LogP contribution in [0.5, 0.6) is 0 Å². The van der Waals surface area contributed by atoms with Crippen LogP contribution in [0, 0.1) is 11.3 Å². The molecular formula is C26H34ClF2NO2. The van der Waals surface area contributed by atoms with Crippen LogP contribution in [0.3, 0.4) is 0 Å². The molecule has 0 spiro atoms. The molecule has 0 bridgehead atoms. The molecule has 3 nitrogen and oxygen atoms in total. The first-order valence-corrected chi connectivity index (χ1v) is 11.8. The summed E-state index contributed by atoms with van der Waals surface area (Å²) in [4.78, 5) is 25.9. The van der Waals surface area contributed by atoms with Gasteiger partial charge in [-0.3, -0.25) is 9.59 Å². The van der Waals surface area contributed by atoms with Gasteiger partial charge in [0.05, 0.1) is 0 Å². The predicted molar refractivity (Wildman–Crippen MR) is 124 cm³/mol. The molecule has 0 radical (unpaired) electrons. The first-order valence-electron chi connectivity index (χ1n) is 11.4. The molecule has 0 saturated heterocycles. The largest absolute Gasteiger partial charge is 0.319 e. The van der Waals surface area contributed by atoms with E-state index in [2.05, 4.69) is 20.8 Å². The molecule has 1 aromatic carbocycles. The number of halogens is 3. The van der Waals surface area contributed by atoms with Gasteiger partial charge >= 0.3 is 0 Å². The number of carbonyl (C=O) groups excluding carboxylic acids is 2. The van der Waals surface area contributed by atoms with Crippen molar-refractivity contribution in [1.29, 1.82) is 0 Å². The third-order valence-corrected chi connectivity index (χ3v) is 7.18. The molecule has 32 heavy (non-hydrogen) atoms. The minimum atomic E-state index is -2.66. The van der Waals surface area contributed by atoms with Gasteiger partial charge in [0, 0.05) is 48.9 Å². The van der Waals surface area contributed by atoms with Crippen molar-refractivity contribution in [3.05, 3.63) is 46.1 Å². The standard InChI is InChI=1S/C26H34ClF2NO2/c1-17(31)9-11-30-16-21(19-13-26(28,29)14-19)25(5,15-23(30)32)20-7-6-18(22(27)12-20)8-10-24(2,3)4/h6-7,12,16,19H,8-11,13-15H2,1-5H3/t25-/m0/s1. The lowest BCUT2D eigenvalue weighted by Crippen LogP contribution is -2.47. The second-order valence-electron chi connectivity index (χ2n) is 11.0. The van der Waals surface area contributed by atoms with E-state index in [0.29, 0.717) is 5.02 Å². The molecule has 0 unspecified atom stereocenters. The monoisotopic (exact) mass is 465 g/mol. The second kappa shape index (κ2) is 8.89. The Labute approximate surface area is 195 Å². The molecule has 1 aliphatic carbocycles. The van der Waals surface area contributed by atoms with Crippen molar-refractivity contribution in [2.75, 3.05) is 6.54 Å². The van der Waals surface area contributed by atoms with Gasteiger partial charge in [-0.25, -0.2) is 8.78 Å². The SMILES string of the molecule is CC(=O)CCN1C=C(C2CC(F)(F)C2)[C@](C)(c2ccc(CCC(C)(C)C)c(Cl)c2)CC1=O. The van der Waals surface area contributed by atoms with E-state index in [1.54, 1.807) is 6.20 Å². The number of amides is 1. The predicted octanol–water partition coefficient (Wildman–Crippen LogP) is 6.72. The van der Waals surface area contributed by atoms with Crippen molar-refractivity contribution < 1.29 is 18.4 Å². The lowest BCUT2D eigenvalue weighted by molar-refractivity contribution is -0.132. The Morgan fingerprint density at radius 3 is 2.44 bits per heavy atom. The van der Waals surface area contributed by atoms with E-state index in [1.807, 2.05) is 25.1 Å². The van der Waals surface area contributed by atoms with Gasteiger partial charge in [-0.1, -0.05) is 51.4 Å². The minimum Gasteiger partial charge on any atom is -0.319 e. The fraction of sp³-hybridized carbons (Fsp3) is 0.615. The van der Waals surface area contributed by atoms with Crippen LogP contribution in [0.15, 0.2) is 30.0 Å². The van der Waals surface area contributed by atoms with Gasteiger partial charge in [-0.05, 0) is 53.9 Å². The van der Waals surface area contributed by atoms with Gasteiger partial charge in [0.25, 0.3) is 0 Å². The van der Waals surface area contributed by atoms with Gasteiger partial charge < -0.3 is 4.90 Å².